The molecule has 1 aliphatic heterocycles. The summed E-state index contributed by atoms with van der Waals surface area (Å²) in [5.74, 6) is 0.132. The van der Waals surface area contributed by atoms with E-state index in [4.69, 9.17) is 4.52 Å². The molecule has 0 radical (unpaired) electrons. The number of likely N-dealkylation sites (tertiary alicyclic amines) is 1. The van der Waals surface area contributed by atoms with Crippen molar-refractivity contribution in [2.24, 2.45) is 0 Å². The van der Waals surface area contributed by atoms with Gasteiger partial charge in [-0.1, -0.05) is 11.2 Å². The minimum absolute atomic E-state index is 0.105. The van der Waals surface area contributed by atoms with Crippen LogP contribution < -0.4 is 0 Å². The van der Waals surface area contributed by atoms with Crippen molar-refractivity contribution in [3.63, 3.8) is 0 Å². The number of aromatic nitrogens is 1. The Morgan fingerprint density at radius 3 is 3.00 bits per heavy atom. The number of hydrogen-bond acceptors (Lipinski definition) is 3. The lowest BCUT2D eigenvalue weighted by molar-refractivity contribution is 0.0714. The fraction of sp³-hybridized carbons (Fsp3) is 0.333. The molecule has 1 saturated heterocycles. The molecule has 4 nitrogen and oxygen atoms in total. The lowest BCUT2D eigenvalue weighted by atomic mass is 10.1. The number of nitrogens with zero attached hydrogens (tertiary/aromatic N) is 2. The van der Waals surface area contributed by atoms with Gasteiger partial charge < -0.3 is 9.42 Å². The van der Waals surface area contributed by atoms with Gasteiger partial charge in [0.15, 0.2) is 5.76 Å². The molecule has 2 aromatic rings. The van der Waals surface area contributed by atoms with Gasteiger partial charge in [0.25, 0.3) is 5.91 Å². The fourth-order valence-electron chi connectivity index (χ4n) is 2.63. The van der Waals surface area contributed by atoms with E-state index in [1.54, 1.807) is 17.0 Å². The number of carbonyl (C=O) groups is 1. The number of amides is 1. The van der Waals surface area contributed by atoms with Gasteiger partial charge >= 0.3 is 0 Å². The van der Waals surface area contributed by atoms with Crippen LogP contribution in [0.2, 0.25) is 0 Å². The molecule has 104 valence electrons. The predicted octanol–water partition coefficient (Wildman–Crippen LogP) is 3.10. The Kier molecular flexibility index (Phi) is 3.26. The Morgan fingerprint density at radius 1 is 1.45 bits per heavy atom. The second-order valence-corrected chi connectivity index (χ2v) is 5.04. The first-order valence-electron chi connectivity index (χ1n) is 6.65. The zero-order valence-corrected chi connectivity index (χ0v) is 11.2. The van der Waals surface area contributed by atoms with E-state index in [9.17, 15) is 9.18 Å². The highest BCUT2D eigenvalue weighted by atomic mass is 19.1. The van der Waals surface area contributed by atoms with Gasteiger partial charge in [-0.3, -0.25) is 4.79 Å². The van der Waals surface area contributed by atoms with E-state index >= 15 is 0 Å². The van der Waals surface area contributed by atoms with Gasteiger partial charge in [0.1, 0.15) is 5.82 Å². The molecule has 5 heteroatoms. The van der Waals surface area contributed by atoms with Gasteiger partial charge in [-0.25, -0.2) is 4.39 Å². The maximum Gasteiger partial charge on any atom is 0.254 e. The molecule has 0 unspecified atom stereocenters. The SMILES string of the molecule is Cc1cc([C@H]2CCCN2C(=O)c2cccc(F)c2)on1. The van der Waals surface area contributed by atoms with E-state index in [2.05, 4.69) is 5.16 Å². The minimum Gasteiger partial charge on any atom is -0.359 e. The van der Waals surface area contributed by atoms with Gasteiger partial charge in [0.2, 0.25) is 0 Å². The largest absolute Gasteiger partial charge is 0.359 e. The van der Waals surface area contributed by atoms with Crippen LogP contribution in [0.1, 0.15) is 40.7 Å². The second kappa shape index (κ2) is 5.07. The van der Waals surface area contributed by atoms with E-state index in [1.165, 1.54) is 12.1 Å². The topological polar surface area (TPSA) is 46.3 Å². The summed E-state index contributed by atoms with van der Waals surface area (Å²) >= 11 is 0. The van der Waals surface area contributed by atoms with Crippen molar-refractivity contribution in [1.29, 1.82) is 0 Å². The molecule has 1 atom stereocenters. The Labute approximate surface area is 116 Å². The quantitative estimate of drug-likeness (QED) is 0.845. The van der Waals surface area contributed by atoms with Crippen molar-refractivity contribution in [3.8, 4) is 0 Å². The van der Waals surface area contributed by atoms with Crippen molar-refractivity contribution >= 4 is 5.91 Å². The first kappa shape index (κ1) is 12.8. The van der Waals surface area contributed by atoms with Gasteiger partial charge in [-0.15, -0.1) is 0 Å². The van der Waals surface area contributed by atoms with Crippen LogP contribution in [0.3, 0.4) is 0 Å². The molecular weight excluding hydrogens is 259 g/mol. The molecule has 3 rings (SSSR count). The van der Waals surface area contributed by atoms with Gasteiger partial charge in [-0.05, 0) is 38.0 Å². The van der Waals surface area contributed by atoms with Crippen LogP contribution >= 0.6 is 0 Å². The normalized spacial score (nSPS) is 18.5. The number of rotatable bonds is 2. The highest BCUT2D eigenvalue weighted by Crippen LogP contribution is 2.33. The number of carbonyl (C=O) groups excluding carboxylic acids is 1. The van der Waals surface area contributed by atoms with Crippen LogP contribution in [0.15, 0.2) is 34.9 Å². The summed E-state index contributed by atoms with van der Waals surface area (Å²) in [6.07, 6.45) is 1.75. The average Bonchev–Trinajstić information content (AvgIpc) is 3.06. The summed E-state index contributed by atoms with van der Waals surface area (Å²) in [4.78, 5) is 14.2. The van der Waals surface area contributed by atoms with Crippen LogP contribution in [0, 0.1) is 12.7 Å². The smallest absolute Gasteiger partial charge is 0.254 e. The average molecular weight is 274 g/mol. The molecule has 1 aromatic heterocycles. The number of hydrogen-bond donors (Lipinski definition) is 0. The van der Waals surface area contributed by atoms with E-state index in [1.807, 2.05) is 13.0 Å². The van der Waals surface area contributed by atoms with Crippen LogP contribution in [0.25, 0.3) is 0 Å². The molecule has 0 saturated carbocycles. The maximum absolute atomic E-state index is 13.2. The molecule has 2 heterocycles. The van der Waals surface area contributed by atoms with E-state index in [-0.39, 0.29) is 11.9 Å². The van der Waals surface area contributed by atoms with Crippen LogP contribution in [0.4, 0.5) is 4.39 Å². The molecule has 0 aliphatic carbocycles. The molecule has 20 heavy (non-hydrogen) atoms. The third-order valence-electron chi connectivity index (χ3n) is 3.56. The molecular formula is C15H15FN2O2. The predicted molar refractivity (Wildman–Crippen MR) is 70.7 cm³/mol. The minimum atomic E-state index is -0.401. The maximum atomic E-state index is 13.2. The van der Waals surface area contributed by atoms with Crippen molar-refractivity contribution < 1.29 is 13.7 Å². The first-order valence-corrected chi connectivity index (χ1v) is 6.65. The van der Waals surface area contributed by atoms with Crippen LogP contribution in [-0.2, 0) is 0 Å². The zero-order chi connectivity index (χ0) is 14.1. The van der Waals surface area contributed by atoms with Crippen molar-refractivity contribution in [1.82, 2.24) is 10.1 Å². The Bertz CT molecular complexity index is 638. The molecule has 0 N–H and O–H groups in total. The summed E-state index contributed by atoms with van der Waals surface area (Å²) in [5.41, 5.74) is 1.16. The zero-order valence-electron chi connectivity index (χ0n) is 11.2. The molecule has 0 bridgehead atoms. The first-order chi connectivity index (χ1) is 9.65. The molecule has 1 aromatic carbocycles. The Hall–Kier alpha value is -2.17. The fourth-order valence-corrected chi connectivity index (χ4v) is 2.63. The van der Waals surface area contributed by atoms with Gasteiger partial charge in [0, 0.05) is 18.2 Å². The number of benzene rings is 1. The summed E-state index contributed by atoms with van der Waals surface area (Å²) < 4.78 is 18.5. The summed E-state index contributed by atoms with van der Waals surface area (Å²) in [6.45, 7) is 2.50. The third-order valence-corrected chi connectivity index (χ3v) is 3.56. The monoisotopic (exact) mass is 274 g/mol. The van der Waals surface area contributed by atoms with E-state index in [0.717, 1.165) is 18.5 Å². The highest BCUT2D eigenvalue weighted by Gasteiger charge is 2.33. The summed E-state index contributed by atoms with van der Waals surface area (Å²) in [6, 6.07) is 7.52. The Balaban J connectivity index is 1.87. The molecule has 1 amide bonds. The lowest BCUT2D eigenvalue weighted by Gasteiger charge is -2.22. The summed E-state index contributed by atoms with van der Waals surface area (Å²) in [7, 11) is 0. The van der Waals surface area contributed by atoms with Gasteiger partial charge in [0.05, 0.1) is 11.7 Å². The molecule has 0 spiro atoms. The van der Waals surface area contributed by atoms with Crippen LogP contribution in [0.5, 0.6) is 0 Å². The molecule has 1 fully saturated rings. The summed E-state index contributed by atoms with van der Waals surface area (Å²) in [5, 5.41) is 3.87. The van der Waals surface area contributed by atoms with Crippen molar-refractivity contribution in [2.75, 3.05) is 6.54 Å². The number of aryl methyl sites for hydroxylation is 1. The van der Waals surface area contributed by atoms with Crippen LogP contribution in [-0.4, -0.2) is 22.5 Å². The second-order valence-electron chi connectivity index (χ2n) is 5.04. The lowest BCUT2D eigenvalue weighted by Crippen LogP contribution is -2.30. The Morgan fingerprint density at radius 2 is 2.30 bits per heavy atom. The van der Waals surface area contributed by atoms with E-state index < -0.39 is 5.82 Å². The standard InChI is InChI=1S/C15H15FN2O2/c1-10-8-14(20-17-10)13-6-3-7-18(13)15(19)11-4-2-5-12(16)9-11/h2,4-5,8-9,13H,3,6-7H2,1H3/t13-/m1/s1. The third kappa shape index (κ3) is 2.31. The van der Waals surface area contributed by atoms with Crippen molar-refractivity contribution in [3.05, 3.63) is 53.2 Å². The van der Waals surface area contributed by atoms with Crippen molar-refractivity contribution in [2.45, 2.75) is 25.8 Å². The van der Waals surface area contributed by atoms with E-state index in [0.29, 0.717) is 17.9 Å². The number of halogens is 1. The van der Waals surface area contributed by atoms with Gasteiger partial charge in [-0.2, -0.15) is 0 Å². The highest BCUT2D eigenvalue weighted by molar-refractivity contribution is 5.94. The molecule has 1 aliphatic rings.